The first-order chi connectivity index (χ1) is 14.7. The highest BCUT2D eigenvalue weighted by Gasteiger charge is 2.30. The third-order valence-corrected chi connectivity index (χ3v) is 8.24. The molecule has 0 radical (unpaired) electrons. The smallest absolute Gasteiger partial charge is 0.244 e. The van der Waals surface area contributed by atoms with Crippen LogP contribution in [0, 0.1) is 0 Å². The lowest BCUT2D eigenvalue weighted by molar-refractivity contribution is -0.132. The first kappa shape index (κ1) is 23.1. The summed E-state index contributed by atoms with van der Waals surface area (Å²) in [4.78, 5) is 17.9. The Morgan fingerprint density at radius 1 is 1.03 bits per heavy atom. The Hall–Kier alpha value is -2.60. The number of rotatable bonds is 7. The molecule has 166 valence electrons. The molecule has 0 atom stereocenters. The number of sulfonamides is 2. The molecule has 1 amide bonds. The van der Waals surface area contributed by atoms with Gasteiger partial charge in [0.05, 0.1) is 6.54 Å². The van der Waals surface area contributed by atoms with E-state index in [-0.39, 0.29) is 43.5 Å². The SMILES string of the molecule is CN(CC(=O)N1CCN(S(=O)(=O)/C=C/c2ccccc2)CC1)S(=O)(=O)c1cccnc1. The van der Waals surface area contributed by atoms with Gasteiger partial charge in [0.25, 0.3) is 0 Å². The molecule has 0 unspecified atom stereocenters. The summed E-state index contributed by atoms with van der Waals surface area (Å²) < 4.78 is 52.5. The number of pyridine rings is 1. The number of hydrogen-bond acceptors (Lipinski definition) is 6. The van der Waals surface area contributed by atoms with E-state index in [1.54, 1.807) is 12.1 Å². The van der Waals surface area contributed by atoms with Gasteiger partial charge in [-0.25, -0.2) is 16.8 Å². The van der Waals surface area contributed by atoms with E-state index in [2.05, 4.69) is 4.98 Å². The second-order valence-corrected chi connectivity index (χ2v) is 10.9. The zero-order chi connectivity index (χ0) is 22.5. The molecule has 9 nitrogen and oxygen atoms in total. The van der Waals surface area contributed by atoms with Crippen molar-refractivity contribution in [2.45, 2.75) is 4.90 Å². The Balaban J connectivity index is 1.56. The van der Waals surface area contributed by atoms with Crippen LogP contribution in [0.5, 0.6) is 0 Å². The first-order valence-electron chi connectivity index (χ1n) is 9.57. The van der Waals surface area contributed by atoms with Crippen LogP contribution in [0.1, 0.15) is 5.56 Å². The summed E-state index contributed by atoms with van der Waals surface area (Å²) in [5, 5.41) is 1.16. The molecular formula is C20H24N4O5S2. The third kappa shape index (κ3) is 5.76. The molecule has 0 saturated carbocycles. The minimum absolute atomic E-state index is 0.00594. The summed E-state index contributed by atoms with van der Waals surface area (Å²) in [5.41, 5.74) is 0.776. The molecule has 31 heavy (non-hydrogen) atoms. The fourth-order valence-electron chi connectivity index (χ4n) is 3.06. The molecule has 0 N–H and O–H groups in total. The second kappa shape index (κ2) is 9.69. The number of amides is 1. The quantitative estimate of drug-likeness (QED) is 0.601. The van der Waals surface area contributed by atoms with Crippen LogP contribution in [0.15, 0.2) is 65.2 Å². The molecule has 2 aromatic rings. The van der Waals surface area contributed by atoms with E-state index in [1.807, 2.05) is 18.2 Å². The van der Waals surface area contributed by atoms with Crippen LogP contribution in [-0.4, -0.2) is 81.0 Å². The molecule has 0 aliphatic carbocycles. The number of nitrogens with zero attached hydrogens (tertiary/aromatic N) is 4. The van der Waals surface area contributed by atoms with E-state index in [9.17, 15) is 21.6 Å². The fourth-order valence-corrected chi connectivity index (χ4v) is 5.32. The minimum atomic E-state index is -3.83. The number of benzene rings is 1. The summed E-state index contributed by atoms with van der Waals surface area (Å²) in [5.74, 6) is -0.383. The zero-order valence-electron chi connectivity index (χ0n) is 17.0. The highest BCUT2D eigenvalue weighted by molar-refractivity contribution is 7.92. The summed E-state index contributed by atoms with van der Waals surface area (Å²) in [6, 6.07) is 12.0. The summed E-state index contributed by atoms with van der Waals surface area (Å²) >= 11 is 0. The maximum absolute atomic E-state index is 12.6. The van der Waals surface area contributed by atoms with Crippen molar-refractivity contribution in [2.24, 2.45) is 0 Å². The van der Waals surface area contributed by atoms with Crippen molar-refractivity contribution >= 4 is 32.0 Å². The average Bonchev–Trinajstić information content (AvgIpc) is 2.79. The molecule has 2 heterocycles. The standard InChI is InChI=1S/C20H24N4O5S2/c1-22(31(28,29)19-8-5-10-21-16-19)17-20(25)23-11-13-24(14-12-23)30(26,27)15-9-18-6-3-2-4-7-18/h2-10,15-16H,11-14,17H2,1H3/b15-9+. The molecule has 1 aliphatic heterocycles. The van der Waals surface area contributed by atoms with Crippen molar-refractivity contribution in [1.29, 1.82) is 0 Å². The van der Waals surface area contributed by atoms with E-state index < -0.39 is 20.0 Å². The summed E-state index contributed by atoms with van der Waals surface area (Å²) in [6.45, 7) is 0.340. The van der Waals surface area contributed by atoms with E-state index in [0.29, 0.717) is 0 Å². The zero-order valence-corrected chi connectivity index (χ0v) is 18.7. The Morgan fingerprint density at radius 2 is 1.71 bits per heavy atom. The van der Waals surface area contributed by atoms with Gasteiger partial charge in [0.2, 0.25) is 26.0 Å². The lowest BCUT2D eigenvalue weighted by atomic mass is 10.2. The van der Waals surface area contributed by atoms with Crippen molar-refractivity contribution in [3.8, 4) is 0 Å². The van der Waals surface area contributed by atoms with Crippen LogP contribution in [0.25, 0.3) is 6.08 Å². The molecule has 1 aromatic heterocycles. The topological polar surface area (TPSA) is 108 Å². The normalized spacial score (nSPS) is 16.1. The van der Waals surface area contributed by atoms with Crippen molar-refractivity contribution in [3.05, 3.63) is 65.8 Å². The highest BCUT2D eigenvalue weighted by Crippen LogP contribution is 2.15. The summed E-state index contributed by atoms with van der Waals surface area (Å²) in [6.07, 6.45) is 4.22. The van der Waals surface area contributed by atoms with Crippen LogP contribution in [0.4, 0.5) is 0 Å². The molecule has 11 heteroatoms. The van der Waals surface area contributed by atoms with Crippen molar-refractivity contribution in [1.82, 2.24) is 18.5 Å². The highest BCUT2D eigenvalue weighted by atomic mass is 32.2. The Bertz CT molecular complexity index is 1130. The Morgan fingerprint density at radius 3 is 2.32 bits per heavy atom. The van der Waals surface area contributed by atoms with Crippen LogP contribution in [0.3, 0.4) is 0 Å². The van der Waals surface area contributed by atoms with Gasteiger partial charge in [-0.3, -0.25) is 9.78 Å². The number of piperazine rings is 1. The summed E-state index contributed by atoms with van der Waals surface area (Å²) in [7, 11) is -6.12. The van der Waals surface area contributed by atoms with Crippen molar-refractivity contribution in [3.63, 3.8) is 0 Å². The van der Waals surface area contributed by atoms with Crippen LogP contribution in [-0.2, 0) is 24.8 Å². The molecule has 0 bridgehead atoms. The van der Waals surface area contributed by atoms with Gasteiger partial charge >= 0.3 is 0 Å². The van der Waals surface area contributed by atoms with Gasteiger partial charge in [0.15, 0.2) is 0 Å². The van der Waals surface area contributed by atoms with Gasteiger partial charge in [0, 0.05) is 51.0 Å². The first-order valence-corrected chi connectivity index (χ1v) is 12.5. The van der Waals surface area contributed by atoms with Crippen molar-refractivity contribution in [2.75, 3.05) is 39.8 Å². The predicted octanol–water partition coefficient (Wildman–Crippen LogP) is 0.847. The number of carbonyl (C=O) groups excluding carboxylic acids is 1. The van der Waals surface area contributed by atoms with E-state index in [0.717, 1.165) is 15.3 Å². The van der Waals surface area contributed by atoms with E-state index in [4.69, 9.17) is 0 Å². The third-order valence-electron chi connectivity index (χ3n) is 4.88. The lowest BCUT2D eigenvalue weighted by Gasteiger charge is -2.34. The maximum Gasteiger partial charge on any atom is 0.244 e. The van der Waals surface area contributed by atoms with Crippen LogP contribution < -0.4 is 0 Å². The van der Waals surface area contributed by atoms with Gasteiger partial charge in [-0.1, -0.05) is 30.3 Å². The van der Waals surface area contributed by atoms with Gasteiger partial charge in [-0.05, 0) is 23.8 Å². The average molecular weight is 465 g/mol. The van der Waals surface area contributed by atoms with Gasteiger partial charge in [0.1, 0.15) is 4.90 Å². The molecule has 1 fully saturated rings. The monoisotopic (exact) mass is 464 g/mol. The van der Waals surface area contributed by atoms with Crippen molar-refractivity contribution < 1.29 is 21.6 Å². The number of hydrogen-bond donors (Lipinski definition) is 0. The van der Waals surface area contributed by atoms with Gasteiger partial charge in [-0.2, -0.15) is 8.61 Å². The number of aromatic nitrogens is 1. The van der Waals surface area contributed by atoms with Crippen LogP contribution in [0.2, 0.25) is 0 Å². The maximum atomic E-state index is 12.6. The van der Waals surface area contributed by atoms with E-state index >= 15 is 0 Å². The molecule has 1 saturated heterocycles. The Kier molecular flexibility index (Phi) is 7.21. The Labute approximate surface area is 182 Å². The van der Waals surface area contributed by atoms with E-state index in [1.165, 1.54) is 46.9 Å². The fraction of sp³-hybridized carbons (Fsp3) is 0.300. The number of likely N-dealkylation sites (N-methyl/N-ethyl adjacent to an activating group) is 1. The van der Waals surface area contributed by atoms with Gasteiger partial charge in [-0.15, -0.1) is 0 Å². The minimum Gasteiger partial charge on any atom is -0.339 e. The molecular weight excluding hydrogens is 440 g/mol. The molecule has 3 rings (SSSR count). The van der Waals surface area contributed by atoms with Gasteiger partial charge < -0.3 is 4.90 Å². The lowest BCUT2D eigenvalue weighted by Crippen LogP contribution is -2.52. The largest absolute Gasteiger partial charge is 0.339 e. The predicted molar refractivity (Wildman–Crippen MR) is 117 cm³/mol. The molecule has 1 aliphatic rings. The molecule has 1 aromatic carbocycles. The molecule has 0 spiro atoms. The second-order valence-electron chi connectivity index (χ2n) is 6.99. The van der Waals surface area contributed by atoms with Crippen LogP contribution >= 0.6 is 0 Å². The number of carbonyl (C=O) groups is 1.